The Hall–Kier alpha value is -2.49. The molecule has 0 saturated heterocycles. The lowest BCUT2D eigenvalue weighted by atomic mass is 9.92. The number of para-hydroxylation sites is 1. The lowest BCUT2D eigenvalue weighted by molar-refractivity contribution is -0.127. The Kier molecular flexibility index (Phi) is 7.35. The van der Waals surface area contributed by atoms with Crippen LogP contribution in [-0.2, 0) is 24.1 Å². The number of amides is 1. The average molecular weight is 382 g/mol. The quantitative estimate of drug-likeness (QED) is 0.652. The van der Waals surface area contributed by atoms with Gasteiger partial charge >= 0.3 is 0 Å². The first-order chi connectivity index (χ1) is 13.7. The second-order valence-corrected chi connectivity index (χ2v) is 7.33. The van der Waals surface area contributed by atoms with Crippen molar-refractivity contribution in [2.75, 3.05) is 13.2 Å². The van der Waals surface area contributed by atoms with Crippen LogP contribution in [0, 0.1) is 0 Å². The summed E-state index contributed by atoms with van der Waals surface area (Å²) in [5.41, 5.74) is 3.96. The molecule has 1 aliphatic rings. The molecule has 2 aromatic rings. The topological polar surface area (TPSA) is 47.6 Å². The number of ether oxygens (including phenoxy) is 2. The molecular weight excluding hydrogens is 350 g/mol. The molecule has 1 N–H and O–H groups in total. The zero-order valence-electron chi connectivity index (χ0n) is 17.0. The van der Waals surface area contributed by atoms with E-state index in [-0.39, 0.29) is 5.91 Å². The summed E-state index contributed by atoms with van der Waals surface area (Å²) in [6, 6.07) is 14.3. The van der Waals surface area contributed by atoms with Gasteiger partial charge in [-0.2, -0.15) is 0 Å². The van der Waals surface area contributed by atoms with Crippen molar-refractivity contribution in [3.8, 4) is 11.5 Å². The largest absolute Gasteiger partial charge is 0.494 e. The predicted molar refractivity (Wildman–Crippen MR) is 112 cm³/mol. The first-order valence-electron chi connectivity index (χ1n) is 10.4. The fourth-order valence-electron chi connectivity index (χ4n) is 3.68. The third-order valence-corrected chi connectivity index (χ3v) is 5.20. The van der Waals surface area contributed by atoms with Gasteiger partial charge in [-0.15, -0.1) is 0 Å². The number of fused-ring (bicyclic) bond motifs is 1. The van der Waals surface area contributed by atoms with E-state index in [0.717, 1.165) is 37.2 Å². The second kappa shape index (κ2) is 10.2. The second-order valence-electron chi connectivity index (χ2n) is 7.33. The maximum absolute atomic E-state index is 12.4. The normalized spacial score (nSPS) is 14.1. The smallest absolute Gasteiger partial charge is 0.260 e. The van der Waals surface area contributed by atoms with Crippen LogP contribution in [0.4, 0.5) is 0 Å². The first-order valence-corrected chi connectivity index (χ1v) is 10.4. The van der Waals surface area contributed by atoms with E-state index in [4.69, 9.17) is 9.47 Å². The standard InChI is InChI=1S/C24H31NO3/c1-3-27-23-13-7-6-10-20(23)12-8-16-25-24(26)18(2)28-22-15-14-19-9-4-5-11-21(19)17-22/h6-7,10,13-15,17-18H,3-5,8-9,11-12,16H2,1-2H3,(H,25,26)/t18-/m1/s1. The van der Waals surface area contributed by atoms with Gasteiger partial charge in [0.25, 0.3) is 5.91 Å². The van der Waals surface area contributed by atoms with Gasteiger partial charge in [-0.1, -0.05) is 24.3 Å². The van der Waals surface area contributed by atoms with Crippen LogP contribution in [-0.4, -0.2) is 25.2 Å². The van der Waals surface area contributed by atoms with Crippen LogP contribution in [0.3, 0.4) is 0 Å². The Bertz CT molecular complexity index is 787. The highest BCUT2D eigenvalue weighted by molar-refractivity contribution is 5.80. The van der Waals surface area contributed by atoms with E-state index in [1.165, 1.54) is 29.5 Å². The highest BCUT2D eigenvalue weighted by atomic mass is 16.5. The van der Waals surface area contributed by atoms with Crippen molar-refractivity contribution < 1.29 is 14.3 Å². The highest BCUT2D eigenvalue weighted by Crippen LogP contribution is 2.26. The predicted octanol–water partition coefficient (Wildman–Crippen LogP) is 4.48. The zero-order valence-corrected chi connectivity index (χ0v) is 17.0. The maximum atomic E-state index is 12.4. The molecule has 0 aromatic heterocycles. The molecule has 4 heteroatoms. The number of rotatable bonds is 9. The Balaban J connectivity index is 1.43. The van der Waals surface area contributed by atoms with Gasteiger partial charge in [-0.25, -0.2) is 0 Å². The van der Waals surface area contributed by atoms with E-state index in [0.29, 0.717) is 13.2 Å². The Morgan fingerprint density at radius 3 is 2.71 bits per heavy atom. The van der Waals surface area contributed by atoms with Crippen LogP contribution < -0.4 is 14.8 Å². The summed E-state index contributed by atoms with van der Waals surface area (Å²) < 4.78 is 11.5. The Morgan fingerprint density at radius 2 is 1.89 bits per heavy atom. The number of nitrogens with one attached hydrogen (secondary N) is 1. The monoisotopic (exact) mass is 381 g/mol. The van der Waals surface area contributed by atoms with Gasteiger partial charge in [-0.05, 0) is 87.3 Å². The fraction of sp³-hybridized carbons (Fsp3) is 0.458. The van der Waals surface area contributed by atoms with Crippen molar-refractivity contribution in [1.29, 1.82) is 0 Å². The number of hydrogen-bond acceptors (Lipinski definition) is 3. The fourth-order valence-corrected chi connectivity index (χ4v) is 3.68. The summed E-state index contributed by atoms with van der Waals surface area (Å²) in [4.78, 5) is 12.4. The lowest BCUT2D eigenvalue weighted by Crippen LogP contribution is -2.37. The van der Waals surface area contributed by atoms with Crippen LogP contribution in [0.25, 0.3) is 0 Å². The van der Waals surface area contributed by atoms with E-state index >= 15 is 0 Å². The van der Waals surface area contributed by atoms with Crippen LogP contribution in [0.15, 0.2) is 42.5 Å². The molecule has 0 radical (unpaired) electrons. The van der Waals surface area contributed by atoms with E-state index in [1.807, 2.05) is 31.2 Å². The van der Waals surface area contributed by atoms with Crippen LogP contribution in [0.1, 0.15) is 49.8 Å². The van der Waals surface area contributed by atoms with Crippen molar-refractivity contribution >= 4 is 5.91 Å². The van der Waals surface area contributed by atoms with Crippen molar-refractivity contribution in [3.63, 3.8) is 0 Å². The molecule has 2 aromatic carbocycles. The van der Waals surface area contributed by atoms with Crippen molar-refractivity contribution in [3.05, 3.63) is 59.2 Å². The van der Waals surface area contributed by atoms with E-state index < -0.39 is 6.10 Å². The van der Waals surface area contributed by atoms with Crippen molar-refractivity contribution in [2.24, 2.45) is 0 Å². The minimum Gasteiger partial charge on any atom is -0.494 e. The highest BCUT2D eigenvalue weighted by Gasteiger charge is 2.16. The number of hydrogen-bond donors (Lipinski definition) is 1. The summed E-state index contributed by atoms with van der Waals surface area (Å²) in [6.07, 6.45) is 5.99. The third kappa shape index (κ3) is 5.51. The molecular formula is C24H31NO3. The molecule has 4 nitrogen and oxygen atoms in total. The lowest BCUT2D eigenvalue weighted by Gasteiger charge is -2.19. The van der Waals surface area contributed by atoms with E-state index in [9.17, 15) is 4.79 Å². The molecule has 1 amide bonds. The molecule has 0 saturated carbocycles. The molecule has 1 aliphatic carbocycles. The Morgan fingerprint density at radius 1 is 1.11 bits per heavy atom. The number of benzene rings is 2. The van der Waals surface area contributed by atoms with Gasteiger partial charge in [0.05, 0.1) is 6.61 Å². The summed E-state index contributed by atoms with van der Waals surface area (Å²) in [5.74, 6) is 1.64. The van der Waals surface area contributed by atoms with E-state index in [1.54, 1.807) is 6.92 Å². The molecule has 1 atom stereocenters. The van der Waals surface area contributed by atoms with Gasteiger partial charge in [0.1, 0.15) is 11.5 Å². The first kappa shape index (κ1) is 20.2. The van der Waals surface area contributed by atoms with Crippen LogP contribution in [0.2, 0.25) is 0 Å². The molecule has 0 spiro atoms. The summed E-state index contributed by atoms with van der Waals surface area (Å²) in [6.45, 7) is 5.07. The summed E-state index contributed by atoms with van der Waals surface area (Å²) >= 11 is 0. The molecule has 3 rings (SSSR count). The number of carbonyl (C=O) groups is 1. The van der Waals surface area contributed by atoms with Crippen molar-refractivity contribution in [2.45, 2.75) is 58.5 Å². The van der Waals surface area contributed by atoms with E-state index in [2.05, 4.69) is 23.5 Å². The van der Waals surface area contributed by atoms with Gasteiger partial charge in [0, 0.05) is 6.54 Å². The molecule has 150 valence electrons. The molecule has 0 unspecified atom stereocenters. The molecule has 0 aliphatic heterocycles. The van der Waals surface area contributed by atoms with Crippen LogP contribution in [0.5, 0.6) is 11.5 Å². The van der Waals surface area contributed by atoms with Gasteiger partial charge in [0.15, 0.2) is 6.10 Å². The summed E-state index contributed by atoms with van der Waals surface area (Å²) in [7, 11) is 0. The van der Waals surface area contributed by atoms with Crippen molar-refractivity contribution in [1.82, 2.24) is 5.32 Å². The molecule has 0 fully saturated rings. The Labute approximate surface area is 168 Å². The minimum absolute atomic E-state index is 0.0733. The SMILES string of the molecule is CCOc1ccccc1CCCNC(=O)[C@@H](C)Oc1ccc2c(c1)CCCC2. The molecule has 0 bridgehead atoms. The van der Waals surface area contributed by atoms with Crippen LogP contribution >= 0.6 is 0 Å². The third-order valence-electron chi connectivity index (χ3n) is 5.20. The summed E-state index contributed by atoms with van der Waals surface area (Å²) in [5, 5.41) is 2.98. The van der Waals surface area contributed by atoms with Gasteiger partial charge in [0.2, 0.25) is 0 Å². The van der Waals surface area contributed by atoms with Gasteiger partial charge < -0.3 is 14.8 Å². The maximum Gasteiger partial charge on any atom is 0.260 e. The van der Waals surface area contributed by atoms with Gasteiger partial charge in [-0.3, -0.25) is 4.79 Å². The number of carbonyl (C=O) groups excluding carboxylic acids is 1. The zero-order chi connectivity index (χ0) is 19.8. The number of aryl methyl sites for hydroxylation is 3. The average Bonchev–Trinajstić information content (AvgIpc) is 2.72. The molecule has 0 heterocycles. The minimum atomic E-state index is -0.502. The molecule has 28 heavy (non-hydrogen) atoms.